The minimum Gasteiger partial charge on any atom is -0.396 e. The van der Waals surface area contributed by atoms with Crippen molar-refractivity contribution in [3.8, 4) is 0 Å². The van der Waals surface area contributed by atoms with E-state index in [1.165, 1.54) is 0 Å². The van der Waals surface area contributed by atoms with E-state index in [0.717, 1.165) is 44.6 Å². The monoisotopic (exact) mass is 624 g/mol. The molecule has 0 spiro atoms. The number of allylic oxidation sites excluding steroid dienone is 22. The van der Waals surface area contributed by atoms with Crippen molar-refractivity contribution in [3.63, 3.8) is 0 Å². The van der Waals surface area contributed by atoms with Crippen LogP contribution in [0.3, 0.4) is 0 Å². The van der Waals surface area contributed by atoms with Crippen molar-refractivity contribution in [3.05, 3.63) is 130 Å². The van der Waals surface area contributed by atoms with Gasteiger partial charge in [-0.05, 0) is 87.5 Å². The van der Waals surface area contributed by atoms with Gasteiger partial charge >= 0.3 is 0 Å². The molecule has 0 aromatic carbocycles. The van der Waals surface area contributed by atoms with Crippen molar-refractivity contribution in [1.29, 1.82) is 0 Å². The first-order chi connectivity index (χ1) is 21.5. The standard InChI is InChI=1S/C42H56O4/c1-29(17-13-19-31(3)21-23-37-33(5)39(45)35(27-43)25-41(37,7)8)15-11-12-16-30(2)18-14-20-32(4)22-24-38-34(6)40(46)36(28-44)26-42(38,9)10/h11-24,35-36,43-44H,25-28H2,1-10H3/b12-11+,17-13+,18-14+,23-21+,24-22+,29-15+,30-16+,31-19+,32-20+. The van der Waals surface area contributed by atoms with Crippen molar-refractivity contribution in [1.82, 2.24) is 0 Å². The van der Waals surface area contributed by atoms with E-state index in [4.69, 9.17) is 0 Å². The molecule has 0 fully saturated rings. The van der Waals surface area contributed by atoms with Crippen LogP contribution in [0.2, 0.25) is 0 Å². The van der Waals surface area contributed by atoms with Gasteiger partial charge in [0.15, 0.2) is 11.6 Å². The fourth-order valence-electron chi connectivity index (χ4n) is 6.30. The number of rotatable bonds is 12. The first-order valence-electron chi connectivity index (χ1n) is 16.3. The molecule has 2 rings (SSSR count). The van der Waals surface area contributed by atoms with Gasteiger partial charge in [-0.15, -0.1) is 0 Å². The molecule has 0 bridgehead atoms. The number of ketones is 2. The van der Waals surface area contributed by atoms with E-state index in [0.29, 0.717) is 12.8 Å². The van der Waals surface area contributed by atoms with Crippen LogP contribution in [0.1, 0.15) is 82.1 Å². The summed E-state index contributed by atoms with van der Waals surface area (Å²) in [6.07, 6.45) is 30.0. The van der Waals surface area contributed by atoms with E-state index >= 15 is 0 Å². The highest BCUT2D eigenvalue weighted by molar-refractivity contribution is 5.99. The zero-order valence-electron chi connectivity index (χ0n) is 29.8. The molecule has 0 aliphatic heterocycles. The van der Waals surface area contributed by atoms with Crippen molar-refractivity contribution in [2.45, 2.75) is 82.1 Å². The highest BCUT2D eigenvalue weighted by Gasteiger charge is 2.38. The Morgan fingerprint density at radius 2 is 0.891 bits per heavy atom. The fourth-order valence-corrected chi connectivity index (χ4v) is 6.30. The number of carbonyl (C=O) groups excluding carboxylic acids is 2. The normalized spacial score (nSPS) is 24.0. The molecule has 4 heteroatoms. The Morgan fingerprint density at radius 1 is 0.587 bits per heavy atom. The third kappa shape index (κ3) is 11.0. The van der Waals surface area contributed by atoms with Crippen molar-refractivity contribution in [2.75, 3.05) is 13.2 Å². The van der Waals surface area contributed by atoms with Crippen molar-refractivity contribution < 1.29 is 19.8 Å². The van der Waals surface area contributed by atoms with Gasteiger partial charge in [0, 0.05) is 11.8 Å². The Kier molecular flexibility index (Phi) is 14.6. The summed E-state index contributed by atoms with van der Waals surface area (Å²) in [5, 5.41) is 19.1. The number of carbonyl (C=O) groups is 2. The van der Waals surface area contributed by atoms with E-state index < -0.39 is 0 Å². The van der Waals surface area contributed by atoms with Gasteiger partial charge < -0.3 is 10.2 Å². The topological polar surface area (TPSA) is 74.6 Å². The van der Waals surface area contributed by atoms with Gasteiger partial charge in [-0.3, -0.25) is 9.59 Å². The van der Waals surface area contributed by atoms with E-state index in [-0.39, 0.29) is 47.4 Å². The van der Waals surface area contributed by atoms with Crippen LogP contribution < -0.4 is 0 Å². The molecule has 2 N–H and O–H groups in total. The lowest BCUT2D eigenvalue weighted by molar-refractivity contribution is -0.123. The first kappa shape index (κ1) is 38.6. The van der Waals surface area contributed by atoms with Crippen LogP contribution in [-0.2, 0) is 9.59 Å². The third-order valence-electron chi connectivity index (χ3n) is 8.99. The highest BCUT2D eigenvalue weighted by atomic mass is 16.3. The lowest BCUT2D eigenvalue weighted by Gasteiger charge is -2.36. The zero-order chi connectivity index (χ0) is 34.7. The maximum absolute atomic E-state index is 12.6. The Labute approximate surface area is 278 Å². The molecule has 2 unspecified atom stereocenters. The lowest BCUT2D eigenvalue weighted by atomic mass is 9.68. The summed E-state index contributed by atoms with van der Waals surface area (Å²) in [7, 11) is 0. The third-order valence-corrected chi connectivity index (χ3v) is 8.99. The average Bonchev–Trinajstić information content (AvgIpc) is 2.98. The molecule has 0 aromatic heterocycles. The van der Waals surface area contributed by atoms with Crippen LogP contribution in [0.15, 0.2) is 130 Å². The maximum atomic E-state index is 12.6. The van der Waals surface area contributed by atoms with Crippen LogP contribution in [0.25, 0.3) is 0 Å². The van der Waals surface area contributed by atoms with E-state index in [1.807, 2.05) is 52.0 Å². The number of Topliss-reactive ketones (excluding diaryl/α,β-unsaturated/α-hetero) is 2. The summed E-state index contributed by atoms with van der Waals surface area (Å²) in [5.74, 6) is -0.490. The van der Waals surface area contributed by atoms with Gasteiger partial charge in [-0.1, -0.05) is 135 Å². The smallest absolute Gasteiger partial charge is 0.164 e. The first-order valence-corrected chi connectivity index (χ1v) is 16.3. The van der Waals surface area contributed by atoms with Crippen LogP contribution in [0.5, 0.6) is 0 Å². The summed E-state index contributed by atoms with van der Waals surface area (Å²) in [5.41, 5.74) is 7.73. The lowest BCUT2D eigenvalue weighted by Crippen LogP contribution is -2.34. The molecule has 4 nitrogen and oxygen atoms in total. The largest absolute Gasteiger partial charge is 0.396 e. The van der Waals surface area contributed by atoms with E-state index in [1.54, 1.807) is 0 Å². The van der Waals surface area contributed by atoms with Crippen molar-refractivity contribution in [2.24, 2.45) is 22.7 Å². The van der Waals surface area contributed by atoms with Gasteiger partial charge in [-0.2, -0.15) is 0 Å². The molecule has 2 atom stereocenters. The molecule has 0 amide bonds. The van der Waals surface area contributed by atoms with E-state index in [9.17, 15) is 19.8 Å². The minimum atomic E-state index is -0.300. The predicted octanol–water partition coefficient (Wildman–Crippen LogP) is 9.40. The van der Waals surface area contributed by atoms with Gasteiger partial charge in [0.1, 0.15) is 0 Å². The molecule has 0 saturated heterocycles. The predicted molar refractivity (Wildman–Crippen MR) is 194 cm³/mol. The van der Waals surface area contributed by atoms with Gasteiger partial charge in [0.2, 0.25) is 0 Å². The fraction of sp³-hybridized carbons (Fsp3) is 0.429. The number of aliphatic hydroxyl groups excluding tert-OH is 2. The summed E-state index contributed by atoms with van der Waals surface area (Å²) >= 11 is 0. The van der Waals surface area contributed by atoms with Crippen LogP contribution in [0, 0.1) is 22.7 Å². The Balaban J connectivity index is 1.96. The van der Waals surface area contributed by atoms with Crippen LogP contribution in [0.4, 0.5) is 0 Å². The zero-order valence-corrected chi connectivity index (χ0v) is 29.8. The maximum Gasteiger partial charge on any atom is 0.164 e. The molecular weight excluding hydrogens is 568 g/mol. The quantitative estimate of drug-likeness (QED) is 0.212. The molecule has 0 saturated carbocycles. The van der Waals surface area contributed by atoms with Crippen LogP contribution in [-0.4, -0.2) is 35.0 Å². The molecule has 46 heavy (non-hydrogen) atoms. The SMILES string of the molecule is CC1=C(/C=C/C(C)=C/C=C/C(C)=C/C=C/C=C(C)/C=C/C=C(C)/C=C/C2=C(C)C(=O)C(CO)CC2(C)C)C(C)(C)CC(CO)C1=O. The number of aliphatic hydroxyl groups is 2. The second kappa shape index (κ2) is 17.4. The van der Waals surface area contributed by atoms with Gasteiger partial charge in [0.25, 0.3) is 0 Å². The summed E-state index contributed by atoms with van der Waals surface area (Å²) in [4.78, 5) is 25.1. The molecule has 0 aromatic rings. The molecule has 2 aliphatic rings. The van der Waals surface area contributed by atoms with Crippen LogP contribution >= 0.6 is 0 Å². The summed E-state index contributed by atoms with van der Waals surface area (Å²) < 4.78 is 0. The molecule has 0 heterocycles. The summed E-state index contributed by atoms with van der Waals surface area (Å²) in [6, 6.07) is 0. The average molecular weight is 625 g/mol. The Hall–Kier alpha value is -3.60. The highest BCUT2D eigenvalue weighted by Crippen LogP contribution is 2.43. The number of hydrogen-bond acceptors (Lipinski definition) is 4. The Bertz CT molecular complexity index is 1370. The minimum absolute atomic E-state index is 0.0550. The molecule has 248 valence electrons. The van der Waals surface area contributed by atoms with Gasteiger partial charge in [-0.25, -0.2) is 0 Å². The van der Waals surface area contributed by atoms with Gasteiger partial charge in [0.05, 0.1) is 13.2 Å². The second-order valence-corrected chi connectivity index (χ2v) is 14.2. The summed E-state index contributed by atoms with van der Waals surface area (Å²) in [6.45, 7) is 20.3. The molecular formula is C42H56O4. The van der Waals surface area contributed by atoms with E-state index in [2.05, 4.69) is 102 Å². The molecule has 0 radical (unpaired) electrons. The molecule has 2 aliphatic carbocycles. The second-order valence-electron chi connectivity index (χ2n) is 14.2. The Morgan fingerprint density at radius 3 is 1.22 bits per heavy atom. The van der Waals surface area contributed by atoms with Crippen molar-refractivity contribution >= 4 is 11.6 Å². The number of hydrogen-bond donors (Lipinski definition) is 2.